The summed E-state index contributed by atoms with van der Waals surface area (Å²) in [5.74, 6) is 0.186. The van der Waals surface area contributed by atoms with Gasteiger partial charge in [-0.2, -0.15) is 0 Å². The van der Waals surface area contributed by atoms with Gasteiger partial charge in [-0.05, 0) is 42.0 Å². The van der Waals surface area contributed by atoms with Crippen molar-refractivity contribution in [2.45, 2.75) is 45.3 Å². The highest BCUT2D eigenvalue weighted by atomic mass is 16.2. The number of amides is 2. The van der Waals surface area contributed by atoms with E-state index in [1.807, 2.05) is 36.1 Å². The zero-order valence-electron chi connectivity index (χ0n) is 17.2. The predicted molar refractivity (Wildman–Crippen MR) is 122 cm³/mol. The van der Waals surface area contributed by atoms with E-state index in [4.69, 9.17) is 0 Å². The number of para-hydroxylation sites is 1. The van der Waals surface area contributed by atoms with E-state index < -0.39 is 0 Å². The number of fused-ring (bicyclic) bond motifs is 1. The van der Waals surface area contributed by atoms with Crippen LogP contribution in [0.25, 0.3) is 6.08 Å². The molecule has 5 heteroatoms. The minimum atomic E-state index is 0.0759. The molecule has 1 aromatic rings. The second-order valence-corrected chi connectivity index (χ2v) is 7.47. The number of carbonyl (C=O) groups excluding carboxylic acids is 2. The summed E-state index contributed by atoms with van der Waals surface area (Å²) in [7, 11) is 0.718. The smallest absolute Gasteiger partial charge is 0.235 e. The first kappa shape index (κ1) is 20.9. The van der Waals surface area contributed by atoms with Crippen LogP contribution in [0.4, 0.5) is 5.69 Å². The molecule has 1 aliphatic heterocycles. The van der Waals surface area contributed by atoms with Crippen LogP contribution in [0.5, 0.6) is 0 Å². The van der Waals surface area contributed by atoms with Gasteiger partial charge in [-0.25, -0.2) is 0 Å². The SMILES string of the molecule is CCBNC(=O)CCCCC(=O)N1CC2=C(/C=C\c3ccccc31)CC=CC=C2. The van der Waals surface area contributed by atoms with Crippen molar-refractivity contribution in [3.8, 4) is 0 Å². The molecule has 1 aliphatic carbocycles. The lowest BCUT2D eigenvalue weighted by Crippen LogP contribution is -2.33. The van der Waals surface area contributed by atoms with Crippen molar-refractivity contribution < 1.29 is 9.59 Å². The lowest BCUT2D eigenvalue weighted by atomic mass is 9.90. The summed E-state index contributed by atoms with van der Waals surface area (Å²) in [5, 5.41) is 2.89. The lowest BCUT2D eigenvalue weighted by molar-refractivity contribution is -0.121. The first-order valence-corrected chi connectivity index (χ1v) is 10.6. The van der Waals surface area contributed by atoms with Crippen LogP contribution in [0.1, 0.15) is 44.6 Å². The van der Waals surface area contributed by atoms with Crippen molar-refractivity contribution in [1.82, 2.24) is 5.23 Å². The van der Waals surface area contributed by atoms with Crippen molar-refractivity contribution in [2.75, 3.05) is 11.4 Å². The van der Waals surface area contributed by atoms with Gasteiger partial charge in [-0.15, -0.1) is 0 Å². The van der Waals surface area contributed by atoms with Gasteiger partial charge in [0.2, 0.25) is 19.2 Å². The van der Waals surface area contributed by atoms with Gasteiger partial charge < -0.3 is 10.1 Å². The van der Waals surface area contributed by atoms with E-state index in [-0.39, 0.29) is 11.8 Å². The summed E-state index contributed by atoms with van der Waals surface area (Å²) in [5.41, 5.74) is 4.43. The van der Waals surface area contributed by atoms with Crippen LogP contribution in [0.2, 0.25) is 6.32 Å². The van der Waals surface area contributed by atoms with Gasteiger partial charge in [0.25, 0.3) is 0 Å². The fourth-order valence-corrected chi connectivity index (χ4v) is 3.60. The van der Waals surface area contributed by atoms with Crippen molar-refractivity contribution in [3.05, 3.63) is 71.4 Å². The van der Waals surface area contributed by atoms with E-state index in [1.165, 1.54) is 11.1 Å². The number of hydrogen-bond donors (Lipinski definition) is 1. The van der Waals surface area contributed by atoms with E-state index in [1.54, 1.807) is 0 Å². The van der Waals surface area contributed by atoms with Gasteiger partial charge in [0, 0.05) is 12.8 Å². The molecule has 0 spiro atoms. The Morgan fingerprint density at radius 1 is 1.03 bits per heavy atom. The molecule has 2 aliphatic rings. The fourth-order valence-electron chi connectivity index (χ4n) is 3.60. The normalized spacial score (nSPS) is 16.2. The van der Waals surface area contributed by atoms with Crippen LogP contribution in [-0.4, -0.2) is 25.8 Å². The van der Waals surface area contributed by atoms with Gasteiger partial charge in [0.05, 0.1) is 12.2 Å². The Hall–Kier alpha value is -2.82. The Labute approximate surface area is 174 Å². The summed E-state index contributed by atoms with van der Waals surface area (Å²) < 4.78 is 0. The minimum absolute atomic E-state index is 0.0759. The third-order valence-corrected chi connectivity index (χ3v) is 5.23. The van der Waals surface area contributed by atoms with Crippen LogP contribution < -0.4 is 10.1 Å². The topological polar surface area (TPSA) is 49.4 Å². The molecular weight excluding hydrogens is 359 g/mol. The third-order valence-electron chi connectivity index (χ3n) is 5.23. The van der Waals surface area contributed by atoms with Gasteiger partial charge in [0.15, 0.2) is 0 Å². The zero-order valence-corrected chi connectivity index (χ0v) is 17.2. The predicted octanol–water partition coefficient (Wildman–Crippen LogP) is 4.33. The van der Waals surface area contributed by atoms with E-state index >= 15 is 0 Å². The molecule has 0 atom stereocenters. The van der Waals surface area contributed by atoms with Gasteiger partial charge in [-0.1, -0.05) is 67.9 Å². The second-order valence-electron chi connectivity index (χ2n) is 7.47. The molecule has 1 N–H and O–H groups in total. The Bertz CT molecular complexity index is 867. The maximum Gasteiger partial charge on any atom is 0.235 e. The molecule has 0 radical (unpaired) electrons. The first-order chi connectivity index (χ1) is 14.2. The summed E-state index contributed by atoms with van der Waals surface area (Å²) in [6.45, 7) is 2.61. The lowest BCUT2D eigenvalue weighted by Gasteiger charge is -2.27. The molecule has 2 amide bonds. The zero-order chi connectivity index (χ0) is 20.5. The number of rotatable bonds is 7. The molecule has 29 heavy (non-hydrogen) atoms. The molecule has 1 heterocycles. The average Bonchev–Trinajstić information content (AvgIpc) is 2.95. The Morgan fingerprint density at radius 2 is 1.86 bits per heavy atom. The number of nitrogens with zero attached hydrogens (tertiary/aromatic N) is 1. The molecular formula is C24H29BN2O2. The number of hydrogen-bond acceptors (Lipinski definition) is 2. The highest BCUT2D eigenvalue weighted by Crippen LogP contribution is 2.29. The number of allylic oxidation sites excluding steroid dienone is 5. The minimum Gasteiger partial charge on any atom is -0.402 e. The van der Waals surface area contributed by atoms with Crippen molar-refractivity contribution in [2.24, 2.45) is 0 Å². The molecule has 0 bridgehead atoms. The molecule has 0 saturated carbocycles. The van der Waals surface area contributed by atoms with E-state index in [0.29, 0.717) is 19.4 Å². The van der Waals surface area contributed by atoms with E-state index in [0.717, 1.165) is 44.2 Å². The van der Waals surface area contributed by atoms with Crippen LogP contribution in [0.3, 0.4) is 0 Å². The average molecular weight is 388 g/mol. The summed E-state index contributed by atoms with van der Waals surface area (Å²) >= 11 is 0. The maximum absolute atomic E-state index is 13.1. The van der Waals surface area contributed by atoms with Gasteiger partial charge >= 0.3 is 0 Å². The van der Waals surface area contributed by atoms with Gasteiger partial charge in [0.1, 0.15) is 0 Å². The van der Waals surface area contributed by atoms with Crippen molar-refractivity contribution >= 4 is 31.0 Å². The standard InChI is InChI=1S/C24H29BN2O2/c1-2-25-26-23(28)14-8-9-15-24(29)27-18-21-12-5-3-4-10-19(21)16-17-20-11-6-7-13-22(20)27/h3-7,11-13,16-17,25H,2,8-10,14-15,18H2,1H3,(H,26,28)/b17-16-. The van der Waals surface area contributed by atoms with Crippen LogP contribution in [0.15, 0.2) is 65.8 Å². The Morgan fingerprint density at radius 3 is 2.72 bits per heavy atom. The van der Waals surface area contributed by atoms with Gasteiger partial charge in [-0.3, -0.25) is 9.59 Å². The number of nitrogens with one attached hydrogen (secondary N) is 1. The highest BCUT2D eigenvalue weighted by molar-refractivity contribution is 6.36. The Kier molecular flexibility index (Phi) is 7.68. The Balaban J connectivity index is 1.70. The molecule has 0 aromatic heterocycles. The highest BCUT2D eigenvalue weighted by Gasteiger charge is 2.21. The van der Waals surface area contributed by atoms with E-state index in [9.17, 15) is 9.59 Å². The van der Waals surface area contributed by atoms with E-state index in [2.05, 4.69) is 41.7 Å². The molecule has 150 valence electrons. The number of carbonyl (C=O) groups is 2. The molecule has 3 rings (SSSR count). The largest absolute Gasteiger partial charge is 0.402 e. The number of anilines is 1. The summed E-state index contributed by atoms with van der Waals surface area (Å²) in [6.07, 6.45) is 16.8. The third kappa shape index (κ3) is 5.83. The van der Waals surface area contributed by atoms with Crippen LogP contribution in [0, 0.1) is 0 Å². The van der Waals surface area contributed by atoms with Crippen LogP contribution >= 0.6 is 0 Å². The summed E-state index contributed by atoms with van der Waals surface area (Å²) in [6, 6.07) is 8.05. The quantitative estimate of drug-likeness (QED) is 0.559. The molecule has 1 aromatic carbocycles. The molecule has 0 unspecified atom stereocenters. The van der Waals surface area contributed by atoms with Crippen molar-refractivity contribution in [3.63, 3.8) is 0 Å². The fraction of sp³-hybridized carbons (Fsp3) is 0.333. The maximum atomic E-state index is 13.1. The molecule has 0 fully saturated rings. The van der Waals surface area contributed by atoms with Crippen molar-refractivity contribution in [1.29, 1.82) is 0 Å². The molecule has 4 nitrogen and oxygen atoms in total. The summed E-state index contributed by atoms with van der Waals surface area (Å²) in [4.78, 5) is 26.8. The molecule has 0 saturated heterocycles. The first-order valence-electron chi connectivity index (χ1n) is 10.6. The second kappa shape index (κ2) is 10.7. The number of benzene rings is 1. The number of unbranched alkanes of at least 4 members (excludes halogenated alkanes) is 1. The monoisotopic (exact) mass is 388 g/mol. The van der Waals surface area contributed by atoms with Crippen LogP contribution in [-0.2, 0) is 9.59 Å².